The van der Waals surface area contributed by atoms with Crippen LogP contribution in [0.4, 0.5) is 0 Å². The van der Waals surface area contributed by atoms with Crippen LogP contribution in [-0.2, 0) is 11.2 Å². The average Bonchev–Trinajstić information content (AvgIpc) is 2.34. The van der Waals surface area contributed by atoms with Crippen molar-refractivity contribution in [1.29, 1.82) is 0 Å². The standard InChI is InChI=1S/C7H7NO3S/c1-4(9)5-3-8-6(12-5)2-7(10)11/h3H,2H2,1H3,(H,10,11). The van der Waals surface area contributed by atoms with Gasteiger partial charge in [0.25, 0.3) is 0 Å². The first-order valence-corrected chi connectivity index (χ1v) is 4.08. The van der Waals surface area contributed by atoms with Crippen molar-refractivity contribution in [2.45, 2.75) is 13.3 Å². The highest BCUT2D eigenvalue weighted by Crippen LogP contribution is 2.13. The number of carboxylic acid groups (broad SMARTS) is 1. The van der Waals surface area contributed by atoms with Gasteiger partial charge in [-0.3, -0.25) is 9.59 Å². The van der Waals surface area contributed by atoms with Crippen molar-refractivity contribution in [3.05, 3.63) is 16.1 Å². The van der Waals surface area contributed by atoms with Gasteiger partial charge in [-0.1, -0.05) is 0 Å². The highest BCUT2D eigenvalue weighted by molar-refractivity contribution is 7.13. The number of ketones is 1. The molecular weight excluding hydrogens is 178 g/mol. The molecule has 0 fully saturated rings. The van der Waals surface area contributed by atoms with Crippen LogP contribution >= 0.6 is 11.3 Å². The van der Waals surface area contributed by atoms with Crippen LogP contribution in [0.2, 0.25) is 0 Å². The minimum absolute atomic E-state index is 0.0795. The molecule has 5 heteroatoms. The third kappa shape index (κ3) is 2.13. The van der Waals surface area contributed by atoms with Gasteiger partial charge in [0.2, 0.25) is 0 Å². The Bertz CT molecular complexity index is 318. The molecule has 0 bridgehead atoms. The monoisotopic (exact) mass is 185 g/mol. The van der Waals surface area contributed by atoms with E-state index in [4.69, 9.17) is 5.11 Å². The number of aliphatic carboxylic acids is 1. The predicted octanol–water partition coefficient (Wildman–Crippen LogP) is 0.973. The van der Waals surface area contributed by atoms with Gasteiger partial charge in [0.15, 0.2) is 5.78 Å². The highest BCUT2D eigenvalue weighted by atomic mass is 32.1. The molecule has 0 spiro atoms. The molecule has 0 saturated heterocycles. The van der Waals surface area contributed by atoms with Crippen LogP contribution in [0.3, 0.4) is 0 Å². The molecule has 1 rings (SSSR count). The number of hydrogen-bond donors (Lipinski definition) is 1. The maximum atomic E-state index is 10.8. The molecule has 0 saturated carbocycles. The van der Waals surface area contributed by atoms with E-state index in [0.717, 1.165) is 11.3 Å². The first kappa shape index (κ1) is 8.86. The lowest BCUT2D eigenvalue weighted by atomic mass is 10.4. The number of carboxylic acids is 1. The molecule has 0 radical (unpaired) electrons. The molecule has 1 heterocycles. The normalized spacial score (nSPS) is 9.75. The smallest absolute Gasteiger partial charge is 0.310 e. The van der Waals surface area contributed by atoms with Gasteiger partial charge >= 0.3 is 5.97 Å². The van der Waals surface area contributed by atoms with Gasteiger partial charge in [-0.2, -0.15) is 0 Å². The molecule has 0 aromatic carbocycles. The van der Waals surface area contributed by atoms with Gasteiger partial charge in [0.1, 0.15) is 5.01 Å². The second-order valence-corrected chi connectivity index (χ2v) is 3.36. The fourth-order valence-electron chi connectivity index (χ4n) is 0.684. The summed E-state index contributed by atoms with van der Waals surface area (Å²) in [7, 11) is 0. The van der Waals surface area contributed by atoms with E-state index in [1.807, 2.05) is 0 Å². The molecule has 0 atom stereocenters. The molecule has 0 aliphatic heterocycles. The summed E-state index contributed by atoms with van der Waals surface area (Å²) in [6, 6.07) is 0. The number of carbonyl (C=O) groups excluding carboxylic acids is 1. The maximum absolute atomic E-state index is 10.8. The van der Waals surface area contributed by atoms with Crippen molar-refractivity contribution in [3.63, 3.8) is 0 Å². The van der Waals surface area contributed by atoms with E-state index in [9.17, 15) is 9.59 Å². The second-order valence-electron chi connectivity index (χ2n) is 2.24. The zero-order valence-electron chi connectivity index (χ0n) is 6.40. The lowest BCUT2D eigenvalue weighted by Gasteiger charge is -1.85. The molecule has 0 unspecified atom stereocenters. The van der Waals surface area contributed by atoms with E-state index >= 15 is 0 Å². The minimum Gasteiger partial charge on any atom is -0.481 e. The van der Waals surface area contributed by atoms with Crippen LogP contribution < -0.4 is 0 Å². The number of hydrogen-bond acceptors (Lipinski definition) is 4. The summed E-state index contributed by atoms with van der Waals surface area (Å²) in [5.41, 5.74) is 0. The SMILES string of the molecule is CC(=O)c1cnc(CC(=O)O)s1. The topological polar surface area (TPSA) is 67.3 Å². The highest BCUT2D eigenvalue weighted by Gasteiger charge is 2.08. The second kappa shape index (κ2) is 3.44. The predicted molar refractivity (Wildman–Crippen MR) is 43.5 cm³/mol. The molecule has 0 aliphatic rings. The van der Waals surface area contributed by atoms with Gasteiger partial charge in [0.05, 0.1) is 11.3 Å². The average molecular weight is 185 g/mol. The first-order chi connectivity index (χ1) is 5.59. The molecule has 12 heavy (non-hydrogen) atoms. The Hall–Kier alpha value is -1.23. The molecule has 1 N–H and O–H groups in total. The lowest BCUT2D eigenvalue weighted by Crippen LogP contribution is -1.98. The summed E-state index contributed by atoms with van der Waals surface area (Å²) in [5, 5.41) is 8.86. The number of Topliss-reactive ketones (excluding diaryl/α,β-unsaturated/α-hetero) is 1. The number of rotatable bonds is 3. The number of carbonyl (C=O) groups is 2. The zero-order valence-corrected chi connectivity index (χ0v) is 7.22. The van der Waals surface area contributed by atoms with Crippen molar-refractivity contribution in [2.24, 2.45) is 0 Å². The first-order valence-electron chi connectivity index (χ1n) is 3.27. The maximum Gasteiger partial charge on any atom is 0.310 e. The molecular formula is C7H7NO3S. The van der Waals surface area contributed by atoms with Crippen LogP contribution in [0, 0.1) is 0 Å². The summed E-state index contributed by atoms with van der Waals surface area (Å²) < 4.78 is 0. The molecule has 4 nitrogen and oxygen atoms in total. The van der Waals surface area contributed by atoms with Crippen LogP contribution in [-0.4, -0.2) is 21.8 Å². The van der Waals surface area contributed by atoms with Crippen molar-refractivity contribution < 1.29 is 14.7 Å². The molecule has 0 amide bonds. The Morgan fingerprint density at radius 1 is 1.67 bits per heavy atom. The summed E-state index contributed by atoms with van der Waals surface area (Å²) in [6.45, 7) is 1.43. The summed E-state index contributed by atoms with van der Waals surface area (Å²) in [6.07, 6.45) is 1.29. The Balaban J connectivity index is 2.77. The van der Waals surface area contributed by atoms with Gasteiger partial charge in [-0.05, 0) is 0 Å². The zero-order chi connectivity index (χ0) is 9.14. The summed E-state index contributed by atoms with van der Waals surface area (Å²) >= 11 is 1.13. The Kier molecular flexibility index (Phi) is 2.54. The van der Waals surface area contributed by atoms with Gasteiger partial charge in [-0.15, -0.1) is 11.3 Å². The quantitative estimate of drug-likeness (QED) is 0.712. The van der Waals surface area contributed by atoms with E-state index in [0.29, 0.717) is 9.88 Å². The Labute approximate surface area is 72.9 Å². The number of thiazole rings is 1. The third-order valence-electron chi connectivity index (χ3n) is 1.20. The third-order valence-corrected chi connectivity index (χ3v) is 2.30. The lowest BCUT2D eigenvalue weighted by molar-refractivity contribution is -0.136. The number of aromatic nitrogens is 1. The Morgan fingerprint density at radius 2 is 2.33 bits per heavy atom. The van der Waals surface area contributed by atoms with Gasteiger partial charge in [-0.25, -0.2) is 4.98 Å². The summed E-state index contributed by atoms with van der Waals surface area (Å²) in [5.74, 6) is -1.01. The molecule has 64 valence electrons. The van der Waals surface area contributed by atoms with E-state index in [1.54, 1.807) is 0 Å². The molecule has 1 aromatic heterocycles. The van der Waals surface area contributed by atoms with Crippen LogP contribution in [0.5, 0.6) is 0 Å². The Morgan fingerprint density at radius 3 is 2.75 bits per heavy atom. The fraction of sp³-hybridized carbons (Fsp3) is 0.286. The van der Waals surface area contributed by atoms with Crippen LogP contribution in [0.1, 0.15) is 21.6 Å². The van der Waals surface area contributed by atoms with Crippen molar-refractivity contribution in [2.75, 3.05) is 0 Å². The molecule has 0 aliphatic carbocycles. The van der Waals surface area contributed by atoms with E-state index < -0.39 is 5.97 Å². The van der Waals surface area contributed by atoms with Crippen LogP contribution in [0.25, 0.3) is 0 Å². The van der Waals surface area contributed by atoms with Crippen molar-refractivity contribution >= 4 is 23.1 Å². The van der Waals surface area contributed by atoms with Gasteiger partial charge in [0, 0.05) is 13.1 Å². The van der Waals surface area contributed by atoms with E-state index in [2.05, 4.69) is 4.98 Å². The van der Waals surface area contributed by atoms with Crippen LogP contribution in [0.15, 0.2) is 6.20 Å². The summed E-state index contributed by atoms with van der Waals surface area (Å²) in [4.78, 5) is 25.3. The van der Waals surface area contributed by atoms with Crippen molar-refractivity contribution in [1.82, 2.24) is 4.98 Å². The van der Waals surface area contributed by atoms with Gasteiger partial charge < -0.3 is 5.11 Å². The minimum atomic E-state index is -0.931. The number of nitrogens with zero attached hydrogens (tertiary/aromatic N) is 1. The fourth-order valence-corrected chi connectivity index (χ4v) is 1.49. The van der Waals surface area contributed by atoms with E-state index in [1.165, 1.54) is 13.1 Å². The molecule has 1 aromatic rings. The van der Waals surface area contributed by atoms with Crippen molar-refractivity contribution in [3.8, 4) is 0 Å². The van der Waals surface area contributed by atoms with E-state index in [-0.39, 0.29) is 12.2 Å². The largest absolute Gasteiger partial charge is 0.481 e.